The Labute approximate surface area is 155 Å². The van der Waals surface area contributed by atoms with Gasteiger partial charge in [-0.15, -0.1) is 0 Å². The van der Waals surface area contributed by atoms with Crippen LogP contribution in [0.1, 0.15) is 16.8 Å². The number of anilines is 1. The molecule has 0 bridgehead atoms. The van der Waals surface area contributed by atoms with E-state index in [1.165, 1.54) is 13.2 Å². The molecule has 3 N–H and O–H groups in total. The number of halogens is 2. The molecular formula is C18H21F2N5O2. The van der Waals surface area contributed by atoms with E-state index in [0.717, 1.165) is 10.6 Å². The van der Waals surface area contributed by atoms with Crippen LogP contribution in [0.25, 0.3) is 10.9 Å². The van der Waals surface area contributed by atoms with Crippen molar-refractivity contribution in [2.45, 2.75) is 18.5 Å². The molecule has 2 heterocycles. The first kappa shape index (κ1) is 19.0. The first-order valence-electron chi connectivity index (χ1n) is 8.54. The Bertz CT molecular complexity index is 874. The summed E-state index contributed by atoms with van der Waals surface area (Å²) in [5.74, 6) is -3.96. The summed E-state index contributed by atoms with van der Waals surface area (Å²) in [7, 11) is 3.28. The second-order valence-corrected chi connectivity index (χ2v) is 6.38. The largest absolute Gasteiger partial charge is 0.386 e. The summed E-state index contributed by atoms with van der Waals surface area (Å²) in [6.07, 6.45) is 0.326. The highest BCUT2D eigenvalue weighted by Crippen LogP contribution is 2.30. The molecule has 3 rings (SSSR count). The maximum absolute atomic E-state index is 13.6. The number of carbonyl (C=O) groups excluding carboxylic acids is 2. The van der Waals surface area contributed by atoms with Crippen LogP contribution in [0.4, 0.5) is 14.5 Å². The smallest absolute Gasteiger partial charge is 0.268 e. The van der Waals surface area contributed by atoms with Crippen molar-refractivity contribution in [1.82, 2.24) is 20.5 Å². The number of hydrogen-bond acceptors (Lipinski definition) is 5. The summed E-state index contributed by atoms with van der Waals surface area (Å²) in [4.78, 5) is 30.2. The van der Waals surface area contributed by atoms with Gasteiger partial charge in [0.2, 0.25) is 5.91 Å². The fourth-order valence-corrected chi connectivity index (χ4v) is 3.27. The van der Waals surface area contributed by atoms with Gasteiger partial charge in [-0.05, 0) is 19.2 Å². The molecule has 9 heteroatoms. The molecule has 1 aromatic carbocycles. The van der Waals surface area contributed by atoms with Crippen LogP contribution < -0.4 is 16.0 Å². The number of para-hydroxylation sites is 1. The second-order valence-electron chi connectivity index (χ2n) is 6.38. The minimum absolute atomic E-state index is 0.359. The van der Waals surface area contributed by atoms with Gasteiger partial charge in [-0.3, -0.25) is 14.6 Å². The Balaban J connectivity index is 1.73. The van der Waals surface area contributed by atoms with Crippen LogP contribution in [0, 0.1) is 0 Å². The lowest BCUT2D eigenvalue weighted by atomic mass is 10.1. The van der Waals surface area contributed by atoms with Crippen LogP contribution in [0.15, 0.2) is 30.5 Å². The minimum Gasteiger partial charge on any atom is -0.386 e. The van der Waals surface area contributed by atoms with E-state index in [-0.39, 0.29) is 6.54 Å². The van der Waals surface area contributed by atoms with E-state index in [1.807, 2.05) is 6.07 Å². The molecule has 0 aliphatic carbocycles. The standard InChI is InChI=1S/C18H21F2N5O2/c1-21-13-5-3-4-11-12(6-7-23-16(11)13)17(27)24-9-15(26)25-10-18(19,20)8-14(25)22-2/h3-7,14,21-22H,8-10H2,1-2H3,(H,24,27)/t14-/m0/s1. The Hall–Kier alpha value is -2.81. The highest BCUT2D eigenvalue weighted by atomic mass is 19.3. The number of carbonyl (C=O) groups is 2. The quantitative estimate of drug-likeness (QED) is 0.734. The van der Waals surface area contributed by atoms with Crippen LogP contribution >= 0.6 is 0 Å². The lowest BCUT2D eigenvalue weighted by Crippen LogP contribution is -2.47. The SMILES string of the molecule is CNc1cccc2c(C(=O)NCC(=O)N3CC(F)(F)C[C@H]3NC)ccnc12. The molecule has 0 saturated carbocycles. The van der Waals surface area contributed by atoms with Gasteiger partial charge in [0, 0.05) is 25.1 Å². The van der Waals surface area contributed by atoms with Crippen molar-refractivity contribution < 1.29 is 18.4 Å². The van der Waals surface area contributed by atoms with Gasteiger partial charge in [0.15, 0.2) is 0 Å². The Morgan fingerprint density at radius 1 is 1.30 bits per heavy atom. The summed E-state index contributed by atoms with van der Waals surface area (Å²) in [6.45, 7) is -1.01. The molecule has 0 unspecified atom stereocenters. The summed E-state index contributed by atoms with van der Waals surface area (Å²) < 4.78 is 27.1. The van der Waals surface area contributed by atoms with E-state index >= 15 is 0 Å². The van der Waals surface area contributed by atoms with E-state index in [2.05, 4.69) is 20.9 Å². The maximum Gasteiger partial charge on any atom is 0.268 e. The number of rotatable bonds is 5. The van der Waals surface area contributed by atoms with Crippen LogP contribution in [-0.4, -0.2) is 61.0 Å². The fourth-order valence-electron chi connectivity index (χ4n) is 3.27. The van der Waals surface area contributed by atoms with E-state index in [0.29, 0.717) is 16.5 Å². The Morgan fingerprint density at radius 2 is 2.07 bits per heavy atom. The van der Waals surface area contributed by atoms with Crippen molar-refractivity contribution in [3.05, 3.63) is 36.0 Å². The predicted octanol–water partition coefficient (Wildman–Crippen LogP) is 1.42. The Morgan fingerprint density at radius 3 is 2.78 bits per heavy atom. The number of alkyl halides is 2. The first-order valence-corrected chi connectivity index (χ1v) is 8.54. The molecule has 0 radical (unpaired) electrons. The number of pyridine rings is 1. The van der Waals surface area contributed by atoms with Crippen molar-refractivity contribution in [3.8, 4) is 0 Å². The van der Waals surface area contributed by atoms with Crippen molar-refractivity contribution in [3.63, 3.8) is 0 Å². The van der Waals surface area contributed by atoms with Crippen molar-refractivity contribution in [1.29, 1.82) is 0 Å². The molecule has 2 amide bonds. The predicted molar refractivity (Wildman–Crippen MR) is 97.7 cm³/mol. The average Bonchev–Trinajstić information content (AvgIpc) is 2.99. The number of likely N-dealkylation sites (tertiary alicyclic amines) is 1. The second kappa shape index (κ2) is 7.43. The molecule has 0 spiro atoms. The number of nitrogens with zero attached hydrogens (tertiary/aromatic N) is 2. The highest BCUT2D eigenvalue weighted by Gasteiger charge is 2.46. The topological polar surface area (TPSA) is 86.4 Å². The van der Waals surface area contributed by atoms with Gasteiger partial charge in [0.25, 0.3) is 11.8 Å². The van der Waals surface area contributed by atoms with Gasteiger partial charge in [0.1, 0.15) is 0 Å². The number of amides is 2. The minimum atomic E-state index is -2.93. The number of hydrogen-bond donors (Lipinski definition) is 3. The van der Waals surface area contributed by atoms with Gasteiger partial charge < -0.3 is 20.9 Å². The third-order valence-corrected chi connectivity index (χ3v) is 4.61. The lowest BCUT2D eigenvalue weighted by Gasteiger charge is -2.23. The number of aromatic nitrogens is 1. The number of nitrogens with one attached hydrogen (secondary N) is 3. The van der Waals surface area contributed by atoms with E-state index in [9.17, 15) is 18.4 Å². The maximum atomic E-state index is 13.6. The van der Waals surface area contributed by atoms with Gasteiger partial charge in [0.05, 0.1) is 36.0 Å². The van der Waals surface area contributed by atoms with Crippen LogP contribution in [0.2, 0.25) is 0 Å². The third-order valence-electron chi connectivity index (χ3n) is 4.61. The normalized spacial score (nSPS) is 18.5. The molecule has 1 aliphatic heterocycles. The summed E-state index contributed by atoms with van der Waals surface area (Å²) >= 11 is 0. The lowest BCUT2D eigenvalue weighted by molar-refractivity contribution is -0.132. The molecule has 1 fully saturated rings. The van der Waals surface area contributed by atoms with E-state index in [1.54, 1.807) is 25.2 Å². The zero-order valence-corrected chi connectivity index (χ0v) is 15.1. The van der Waals surface area contributed by atoms with E-state index in [4.69, 9.17) is 0 Å². The molecule has 144 valence electrons. The monoisotopic (exact) mass is 377 g/mol. The molecule has 27 heavy (non-hydrogen) atoms. The molecule has 2 aromatic rings. The zero-order chi connectivity index (χ0) is 19.6. The fraction of sp³-hybridized carbons (Fsp3) is 0.389. The average molecular weight is 377 g/mol. The van der Waals surface area contributed by atoms with E-state index < -0.39 is 36.9 Å². The van der Waals surface area contributed by atoms with Crippen molar-refractivity contribution >= 4 is 28.4 Å². The van der Waals surface area contributed by atoms with Gasteiger partial charge in [-0.2, -0.15) is 0 Å². The van der Waals surface area contributed by atoms with Gasteiger partial charge in [-0.25, -0.2) is 8.78 Å². The first-order chi connectivity index (χ1) is 12.9. The van der Waals surface area contributed by atoms with Crippen molar-refractivity contribution in [2.75, 3.05) is 32.5 Å². The molecule has 1 aromatic heterocycles. The third kappa shape index (κ3) is 3.82. The molecule has 7 nitrogen and oxygen atoms in total. The summed E-state index contributed by atoms with van der Waals surface area (Å²) in [5, 5.41) is 8.87. The molecule has 1 saturated heterocycles. The van der Waals surface area contributed by atoms with Gasteiger partial charge >= 0.3 is 0 Å². The van der Waals surface area contributed by atoms with Crippen LogP contribution in [0.3, 0.4) is 0 Å². The number of fused-ring (bicyclic) bond motifs is 1. The summed E-state index contributed by atoms with van der Waals surface area (Å²) in [6, 6.07) is 6.95. The molecule has 1 aliphatic rings. The molecular weight excluding hydrogens is 356 g/mol. The summed E-state index contributed by atoms with van der Waals surface area (Å²) in [5.41, 5.74) is 1.77. The van der Waals surface area contributed by atoms with Crippen molar-refractivity contribution in [2.24, 2.45) is 0 Å². The molecule has 1 atom stereocenters. The van der Waals surface area contributed by atoms with Crippen LogP contribution in [-0.2, 0) is 4.79 Å². The van der Waals surface area contributed by atoms with Crippen LogP contribution in [0.5, 0.6) is 0 Å². The highest BCUT2D eigenvalue weighted by molar-refractivity contribution is 6.09. The zero-order valence-electron chi connectivity index (χ0n) is 15.1. The van der Waals surface area contributed by atoms with Gasteiger partial charge in [-0.1, -0.05) is 12.1 Å². The Kier molecular flexibility index (Phi) is 5.22. The number of benzene rings is 1.